The number of esters is 1. The molecule has 0 aliphatic carbocycles. The highest BCUT2D eigenvalue weighted by atomic mass is 16.5. The van der Waals surface area contributed by atoms with Gasteiger partial charge in [0.15, 0.2) is 6.61 Å². The summed E-state index contributed by atoms with van der Waals surface area (Å²) in [4.78, 5) is 26.9. The molecule has 0 unspecified atom stereocenters. The number of rotatable bonds is 7. The van der Waals surface area contributed by atoms with E-state index in [9.17, 15) is 9.59 Å². The Kier molecular flexibility index (Phi) is 6.83. The lowest BCUT2D eigenvalue weighted by Crippen LogP contribution is -2.35. The van der Waals surface area contributed by atoms with Crippen molar-refractivity contribution in [3.63, 3.8) is 0 Å². The van der Waals surface area contributed by atoms with Gasteiger partial charge in [-0.3, -0.25) is 4.79 Å². The molecule has 31 heavy (non-hydrogen) atoms. The summed E-state index contributed by atoms with van der Waals surface area (Å²) >= 11 is 0. The van der Waals surface area contributed by atoms with E-state index in [2.05, 4.69) is 11.2 Å². The number of hydrogen-bond donors (Lipinski definition) is 0. The first-order valence-corrected chi connectivity index (χ1v) is 9.93. The monoisotopic (exact) mass is 416 g/mol. The summed E-state index contributed by atoms with van der Waals surface area (Å²) in [7, 11) is 0. The minimum atomic E-state index is -0.617. The Morgan fingerprint density at radius 3 is 2.42 bits per heavy atom. The minimum Gasteiger partial charge on any atom is -0.452 e. The van der Waals surface area contributed by atoms with Gasteiger partial charge in [0.05, 0.1) is 30.1 Å². The van der Waals surface area contributed by atoms with Crippen LogP contribution in [0.1, 0.15) is 33.6 Å². The Balaban J connectivity index is 1.73. The Labute approximate surface area is 181 Å². The van der Waals surface area contributed by atoms with Crippen LogP contribution >= 0.6 is 0 Å². The highest BCUT2D eigenvalue weighted by Crippen LogP contribution is 2.20. The van der Waals surface area contributed by atoms with E-state index in [1.54, 1.807) is 11.6 Å². The maximum absolute atomic E-state index is 12.8. The minimum absolute atomic E-state index is 0.176. The molecule has 0 N–H and O–H groups in total. The molecular weight excluding hydrogens is 392 g/mol. The van der Waals surface area contributed by atoms with Gasteiger partial charge < -0.3 is 9.64 Å². The fourth-order valence-corrected chi connectivity index (χ4v) is 3.39. The highest BCUT2D eigenvalue weighted by molar-refractivity contribution is 5.97. The summed E-state index contributed by atoms with van der Waals surface area (Å²) in [6, 6.07) is 17.2. The van der Waals surface area contributed by atoms with Crippen molar-refractivity contribution < 1.29 is 14.3 Å². The number of amides is 1. The fraction of sp³-hybridized carbons (Fsp3) is 0.250. The third-order valence-electron chi connectivity index (χ3n) is 4.82. The van der Waals surface area contributed by atoms with Crippen molar-refractivity contribution >= 4 is 17.6 Å². The highest BCUT2D eigenvalue weighted by Gasteiger charge is 2.21. The third-order valence-corrected chi connectivity index (χ3v) is 4.82. The number of aromatic nitrogens is 2. The largest absolute Gasteiger partial charge is 0.452 e. The van der Waals surface area contributed by atoms with E-state index in [-0.39, 0.29) is 18.9 Å². The average molecular weight is 416 g/mol. The molecule has 3 rings (SSSR count). The number of benzene rings is 2. The molecule has 0 saturated carbocycles. The van der Waals surface area contributed by atoms with E-state index < -0.39 is 12.6 Å². The first-order valence-electron chi connectivity index (χ1n) is 9.93. The molecule has 1 heterocycles. The molecule has 0 atom stereocenters. The molecule has 0 bridgehead atoms. The first-order chi connectivity index (χ1) is 14.9. The van der Waals surface area contributed by atoms with E-state index in [1.165, 1.54) is 11.1 Å². The molecule has 0 spiro atoms. The number of carbonyl (C=O) groups excluding carboxylic acids is 2. The van der Waals surface area contributed by atoms with Crippen LogP contribution in [0.4, 0.5) is 5.69 Å². The van der Waals surface area contributed by atoms with Crippen LogP contribution in [0.15, 0.2) is 54.7 Å². The van der Waals surface area contributed by atoms with Crippen molar-refractivity contribution in [2.24, 2.45) is 0 Å². The maximum atomic E-state index is 12.8. The van der Waals surface area contributed by atoms with E-state index in [4.69, 9.17) is 10.00 Å². The molecule has 2 aromatic carbocycles. The van der Waals surface area contributed by atoms with Crippen LogP contribution in [-0.4, -0.2) is 34.8 Å². The molecule has 3 aromatic rings. The van der Waals surface area contributed by atoms with Gasteiger partial charge in [0.2, 0.25) is 0 Å². The Bertz CT molecular complexity index is 1110. The summed E-state index contributed by atoms with van der Waals surface area (Å²) in [5.74, 6) is -1.00. The predicted molar refractivity (Wildman–Crippen MR) is 117 cm³/mol. The van der Waals surface area contributed by atoms with Gasteiger partial charge in [0.25, 0.3) is 5.91 Å². The van der Waals surface area contributed by atoms with Crippen LogP contribution in [0.25, 0.3) is 5.69 Å². The van der Waals surface area contributed by atoms with Crippen molar-refractivity contribution in [2.75, 3.05) is 18.1 Å². The Morgan fingerprint density at radius 1 is 1.10 bits per heavy atom. The van der Waals surface area contributed by atoms with E-state index in [1.807, 2.05) is 62.4 Å². The zero-order valence-electron chi connectivity index (χ0n) is 17.8. The van der Waals surface area contributed by atoms with Crippen LogP contribution < -0.4 is 4.90 Å². The fourth-order valence-electron chi connectivity index (χ4n) is 3.39. The lowest BCUT2D eigenvalue weighted by atomic mass is 10.1. The summed E-state index contributed by atoms with van der Waals surface area (Å²) in [6.07, 6.45) is 1.61. The predicted octanol–water partition coefficient (Wildman–Crippen LogP) is 3.90. The number of aryl methyl sites for hydroxylation is 2. The third kappa shape index (κ3) is 5.17. The number of anilines is 1. The van der Waals surface area contributed by atoms with E-state index in [0.29, 0.717) is 16.9 Å². The molecule has 158 valence electrons. The smallest absolute Gasteiger partial charge is 0.342 e. The van der Waals surface area contributed by atoms with Gasteiger partial charge >= 0.3 is 5.97 Å². The van der Waals surface area contributed by atoms with Crippen molar-refractivity contribution in [1.29, 1.82) is 5.26 Å². The van der Waals surface area contributed by atoms with Crippen molar-refractivity contribution in [3.8, 4) is 11.8 Å². The quantitative estimate of drug-likeness (QED) is 0.545. The van der Waals surface area contributed by atoms with E-state index in [0.717, 1.165) is 16.8 Å². The molecule has 0 aliphatic heterocycles. The summed E-state index contributed by atoms with van der Waals surface area (Å²) in [6.45, 7) is 5.45. The second kappa shape index (κ2) is 9.72. The first kappa shape index (κ1) is 21.8. The maximum Gasteiger partial charge on any atom is 0.342 e. The molecule has 0 saturated heterocycles. The van der Waals surface area contributed by atoms with Gasteiger partial charge in [-0.25, -0.2) is 9.48 Å². The number of para-hydroxylation sites is 1. The second-order valence-electron chi connectivity index (χ2n) is 7.27. The van der Waals surface area contributed by atoms with Crippen molar-refractivity contribution in [3.05, 3.63) is 77.1 Å². The lowest BCUT2D eigenvalue weighted by Gasteiger charge is -2.22. The Morgan fingerprint density at radius 2 is 1.77 bits per heavy atom. The molecule has 0 fully saturated rings. The summed E-state index contributed by atoms with van der Waals surface area (Å²) in [5, 5.41) is 13.2. The molecule has 7 nitrogen and oxygen atoms in total. The number of ether oxygens (including phenoxy) is 1. The van der Waals surface area contributed by atoms with Crippen molar-refractivity contribution in [1.82, 2.24) is 9.78 Å². The summed E-state index contributed by atoms with van der Waals surface area (Å²) in [5.41, 5.74) is 4.44. The van der Waals surface area contributed by atoms with Gasteiger partial charge in [-0.1, -0.05) is 24.3 Å². The van der Waals surface area contributed by atoms with Crippen molar-refractivity contribution in [2.45, 2.75) is 27.2 Å². The molecule has 7 heteroatoms. The van der Waals surface area contributed by atoms with Gasteiger partial charge in [-0.05, 0) is 56.2 Å². The molecular formula is C24H24N4O3. The topological polar surface area (TPSA) is 88.2 Å². The zero-order chi connectivity index (χ0) is 22.4. The number of nitrogens with zero attached hydrogens (tertiary/aromatic N) is 4. The van der Waals surface area contributed by atoms with Crippen LogP contribution in [-0.2, 0) is 9.53 Å². The van der Waals surface area contributed by atoms with Crippen LogP contribution in [0.5, 0.6) is 0 Å². The standard InChI is InChI=1S/C24H24N4O3/c1-17-12-18(2)14-21(13-17)27(11-7-10-25)23(29)16-31-24(30)22-15-26-28(19(22)3)20-8-5-4-6-9-20/h4-6,8-9,12-15H,7,11,16H2,1-3H3. The normalized spacial score (nSPS) is 10.4. The Hall–Kier alpha value is -3.92. The summed E-state index contributed by atoms with van der Waals surface area (Å²) < 4.78 is 6.94. The number of carbonyl (C=O) groups is 2. The van der Waals surface area contributed by atoms with E-state index >= 15 is 0 Å². The number of hydrogen-bond acceptors (Lipinski definition) is 5. The molecule has 0 radical (unpaired) electrons. The van der Waals surface area contributed by atoms with Crippen LogP contribution in [0, 0.1) is 32.1 Å². The molecule has 1 amide bonds. The zero-order valence-corrected chi connectivity index (χ0v) is 17.8. The van der Waals surface area contributed by atoms with Gasteiger partial charge in [0, 0.05) is 12.2 Å². The molecule has 1 aromatic heterocycles. The number of nitriles is 1. The second-order valence-corrected chi connectivity index (χ2v) is 7.27. The lowest BCUT2D eigenvalue weighted by molar-refractivity contribution is -0.121. The average Bonchev–Trinajstić information content (AvgIpc) is 3.13. The van der Waals surface area contributed by atoms with Gasteiger partial charge in [0.1, 0.15) is 5.56 Å². The van der Waals surface area contributed by atoms with Crippen LogP contribution in [0.2, 0.25) is 0 Å². The van der Waals surface area contributed by atoms with Crippen LogP contribution in [0.3, 0.4) is 0 Å². The van der Waals surface area contributed by atoms with Gasteiger partial charge in [-0.15, -0.1) is 0 Å². The van der Waals surface area contributed by atoms with Gasteiger partial charge in [-0.2, -0.15) is 10.4 Å². The molecule has 0 aliphatic rings. The SMILES string of the molecule is Cc1cc(C)cc(N(CCC#N)C(=O)COC(=O)c2cnn(-c3ccccc3)c2C)c1.